The van der Waals surface area contributed by atoms with Crippen molar-refractivity contribution >= 4 is 5.84 Å². The predicted octanol–water partition coefficient (Wildman–Crippen LogP) is 2.88. The van der Waals surface area contributed by atoms with Gasteiger partial charge in [-0.3, -0.25) is 10.3 Å². The summed E-state index contributed by atoms with van der Waals surface area (Å²) in [6.45, 7) is 1.13. The fourth-order valence-corrected chi connectivity index (χ4v) is 2.15. The number of hydrogen-bond acceptors (Lipinski definition) is 2. The maximum absolute atomic E-state index is 13.2. The van der Waals surface area contributed by atoms with E-state index in [-0.39, 0.29) is 5.84 Å². The highest BCUT2D eigenvalue weighted by atomic mass is 19.2. The van der Waals surface area contributed by atoms with Gasteiger partial charge in [0.2, 0.25) is 0 Å². The fourth-order valence-electron chi connectivity index (χ4n) is 2.15. The molecule has 0 spiro atoms. The lowest BCUT2D eigenvalue weighted by atomic mass is 10.1. The lowest BCUT2D eigenvalue weighted by molar-refractivity contribution is 0.318. The Kier molecular flexibility index (Phi) is 4.65. The molecule has 110 valence electrons. The lowest BCUT2D eigenvalue weighted by Gasteiger charge is -2.17. The van der Waals surface area contributed by atoms with E-state index in [1.54, 1.807) is 12.1 Å². The van der Waals surface area contributed by atoms with Gasteiger partial charge in [-0.1, -0.05) is 24.3 Å². The van der Waals surface area contributed by atoms with Crippen LogP contribution in [0, 0.1) is 17.0 Å². The van der Waals surface area contributed by atoms with Gasteiger partial charge in [-0.25, -0.2) is 8.78 Å². The molecule has 0 aliphatic heterocycles. The van der Waals surface area contributed by atoms with Crippen molar-refractivity contribution in [2.45, 2.75) is 13.1 Å². The van der Waals surface area contributed by atoms with Crippen LogP contribution in [0.1, 0.15) is 16.7 Å². The second-order valence-corrected chi connectivity index (χ2v) is 5.03. The summed E-state index contributed by atoms with van der Waals surface area (Å²) in [5.74, 6) is -1.64. The van der Waals surface area contributed by atoms with Crippen LogP contribution >= 0.6 is 0 Å². The quantitative estimate of drug-likeness (QED) is 0.657. The normalized spacial score (nSPS) is 10.9. The summed E-state index contributed by atoms with van der Waals surface area (Å²) >= 11 is 0. The predicted molar refractivity (Wildman–Crippen MR) is 79.0 cm³/mol. The van der Waals surface area contributed by atoms with Gasteiger partial charge in [-0.05, 0) is 36.4 Å². The van der Waals surface area contributed by atoms with E-state index < -0.39 is 11.6 Å². The molecule has 0 unspecified atom stereocenters. The third kappa shape index (κ3) is 4.10. The van der Waals surface area contributed by atoms with Gasteiger partial charge in [-0.2, -0.15) is 0 Å². The maximum Gasteiger partial charge on any atom is 0.159 e. The molecule has 5 heteroatoms. The van der Waals surface area contributed by atoms with Gasteiger partial charge in [0.15, 0.2) is 11.6 Å². The highest BCUT2D eigenvalue weighted by Crippen LogP contribution is 2.13. The van der Waals surface area contributed by atoms with E-state index >= 15 is 0 Å². The molecule has 2 aromatic rings. The summed E-state index contributed by atoms with van der Waals surface area (Å²) in [6.07, 6.45) is 0. The summed E-state index contributed by atoms with van der Waals surface area (Å²) in [4.78, 5) is 1.98. The van der Waals surface area contributed by atoms with Gasteiger partial charge in [0, 0.05) is 18.7 Å². The number of nitrogens with zero attached hydrogens (tertiary/aromatic N) is 1. The van der Waals surface area contributed by atoms with E-state index in [4.69, 9.17) is 11.1 Å². The Morgan fingerprint density at radius 1 is 1.05 bits per heavy atom. The zero-order valence-electron chi connectivity index (χ0n) is 11.7. The van der Waals surface area contributed by atoms with E-state index in [0.29, 0.717) is 24.2 Å². The molecule has 0 aliphatic carbocycles. The number of benzene rings is 2. The van der Waals surface area contributed by atoms with Crippen LogP contribution in [0.4, 0.5) is 8.78 Å². The zero-order valence-corrected chi connectivity index (χ0v) is 11.7. The summed E-state index contributed by atoms with van der Waals surface area (Å²) in [7, 11) is 1.89. The number of nitrogen functional groups attached to an aromatic ring is 1. The highest BCUT2D eigenvalue weighted by molar-refractivity contribution is 5.95. The Bertz CT molecular complexity index is 656. The van der Waals surface area contributed by atoms with Crippen molar-refractivity contribution in [2.75, 3.05) is 7.05 Å². The van der Waals surface area contributed by atoms with Gasteiger partial charge in [0.1, 0.15) is 5.84 Å². The highest BCUT2D eigenvalue weighted by Gasteiger charge is 2.07. The van der Waals surface area contributed by atoms with E-state index in [1.165, 1.54) is 6.07 Å². The third-order valence-electron chi connectivity index (χ3n) is 3.13. The number of nitrogens with two attached hydrogens (primary N) is 1. The first-order chi connectivity index (χ1) is 9.95. The van der Waals surface area contributed by atoms with E-state index in [0.717, 1.165) is 11.6 Å². The SMILES string of the molecule is CN(Cc1cccc(C(=N)N)c1)Cc1ccc(F)c(F)c1. The molecule has 3 N–H and O–H groups in total. The topological polar surface area (TPSA) is 53.1 Å². The van der Waals surface area contributed by atoms with Gasteiger partial charge in [-0.15, -0.1) is 0 Å². The second-order valence-electron chi connectivity index (χ2n) is 5.03. The molecule has 2 rings (SSSR count). The molecular weight excluding hydrogens is 272 g/mol. The molecule has 0 saturated carbocycles. The number of rotatable bonds is 5. The largest absolute Gasteiger partial charge is 0.384 e. The molecule has 0 aliphatic rings. The minimum Gasteiger partial charge on any atom is -0.384 e. The molecular formula is C16H17F2N3. The van der Waals surface area contributed by atoms with Gasteiger partial charge in [0.05, 0.1) is 0 Å². The minimum atomic E-state index is -0.837. The van der Waals surface area contributed by atoms with Crippen LogP contribution in [-0.2, 0) is 13.1 Å². The van der Waals surface area contributed by atoms with Crippen LogP contribution in [0.3, 0.4) is 0 Å². The van der Waals surface area contributed by atoms with Crippen LogP contribution in [-0.4, -0.2) is 17.8 Å². The van der Waals surface area contributed by atoms with Gasteiger partial charge < -0.3 is 5.73 Å². The van der Waals surface area contributed by atoms with Crippen molar-refractivity contribution in [1.82, 2.24) is 4.90 Å². The Morgan fingerprint density at radius 2 is 1.71 bits per heavy atom. The van der Waals surface area contributed by atoms with Crippen molar-refractivity contribution in [3.05, 3.63) is 70.8 Å². The number of amidine groups is 1. The van der Waals surface area contributed by atoms with Crippen LogP contribution in [0.2, 0.25) is 0 Å². The summed E-state index contributed by atoms with van der Waals surface area (Å²) in [5, 5.41) is 7.42. The van der Waals surface area contributed by atoms with Crippen molar-refractivity contribution in [2.24, 2.45) is 5.73 Å². The average molecular weight is 289 g/mol. The molecule has 0 heterocycles. The third-order valence-corrected chi connectivity index (χ3v) is 3.13. The molecule has 0 amide bonds. The maximum atomic E-state index is 13.2. The summed E-state index contributed by atoms with van der Waals surface area (Å²) < 4.78 is 26.0. The van der Waals surface area contributed by atoms with Crippen molar-refractivity contribution in [3.63, 3.8) is 0 Å². The first kappa shape index (κ1) is 15.1. The number of halogens is 2. The number of hydrogen-bond donors (Lipinski definition) is 2. The van der Waals surface area contributed by atoms with E-state index in [2.05, 4.69) is 0 Å². The smallest absolute Gasteiger partial charge is 0.159 e. The molecule has 0 bridgehead atoms. The van der Waals surface area contributed by atoms with Gasteiger partial charge in [0.25, 0.3) is 0 Å². The van der Waals surface area contributed by atoms with Crippen LogP contribution in [0.25, 0.3) is 0 Å². The monoisotopic (exact) mass is 289 g/mol. The Balaban J connectivity index is 2.04. The molecule has 0 atom stereocenters. The summed E-state index contributed by atoms with van der Waals surface area (Å²) in [5.41, 5.74) is 7.85. The lowest BCUT2D eigenvalue weighted by Crippen LogP contribution is -2.18. The molecule has 0 saturated heterocycles. The molecule has 21 heavy (non-hydrogen) atoms. The van der Waals surface area contributed by atoms with E-state index in [1.807, 2.05) is 30.1 Å². The van der Waals surface area contributed by atoms with Crippen LogP contribution < -0.4 is 5.73 Å². The van der Waals surface area contributed by atoms with Crippen molar-refractivity contribution < 1.29 is 8.78 Å². The Hall–Kier alpha value is -2.27. The molecule has 3 nitrogen and oxygen atoms in total. The Morgan fingerprint density at radius 3 is 2.33 bits per heavy atom. The number of nitrogens with one attached hydrogen (secondary N) is 1. The Labute approximate surface area is 122 Å². The molecule has 2 aromatic carbocycles. The van der Waals surface area contributed by atoms with Gasteiger partial charge >= 0.3 is 0 Å². The van der Waals surface area contributed by atoms with Crippen molar-refractivity contribution in [1.29, 1.82) is 5.41 Å². The standard InChI is InChI=1S/C16H17F2N3/c1-21(10-12-5-6-14(17)15(18)8-12)9-11-3-2-4-13(7-11)16(19)20/h2-8H,9-10H2,1H3,(H3,19,20). The first-order valence-electron chi connectivity index (χ1n) is 6.51. The molecule has 0 aromatic heterocycles. The average Bonchev–Trinajstić information content (AvgIpc) is 2.43. The zero-order chi connectivity index (χ0) is 15.4. The van der Waals surface area contributed by atoms with Crippen molar-refractivity contribution in [3.8, 4) is 0 Å². The van der Waals surface area contributed by atoms with E-state index in [9.17, 15) is 8.78 Å². The summed E-state index contributed by atoms with van der Waals surface area (Å²) in [6, 6.07) is 11.3. The van der Waals surface area contributed by atoms with Crippen LogP contribution in [0.15, 0.2) is 42.5 Å². The molecule has 0 radical (unpaired) electrons. The minimum absolute atomic E-state index is 0.0279. The second kappa shape index (κ2) is 6.45. The molecule has 0 fully saturated rings. The first-order valence-corrected chi connectivity index (χ1v) is 6.51. The van der Waals surface area contributed by atoms with Crippen LogP contribution in [0.5, 0.6) is 0 Å². The fraction of sp³-hybridized carbons (Fsp3) is 0.188.